The van der Waals surface area contributed by atoms with Crippen molar-refractivity contribution in [1.29, 1.82) is 0 Å². The molecular weight excluding hydrogens is 258 g/mol. The topological polar surface area (TPSA) is 50.9 Å². The number of nitrogens with zero attached hydrogens (tertiary/aromatic N) is 1. The number of nitrogens with two attached hydrogens (primary N) is 1. The second kappa shape index (κ2) is 8.11. The van der Waals surface area contributed by atoms with E-state index in [1.807, 2.05) is 12.1 Å². The van der Waals surface area contributed by atoms with Gasteiger partial charge in [-0.1, -0.05) is 51.0 Å². The van der Waals surface area contributed by atoms with E-state index >= 15 is 0 Å². The molecule has 1 atom stereocenters. The summed E-state index contributed by atoms with van der Waals surface area (Å²) in [5.41, 5.74) is 5.21. The minimum Gasteiger partial charge on any atom is -0.271 e. The number of fused-ring (bicyclic) bond motifs is 1. The molecule has 2 aromatic rings. The van der Waals surface area contributed by atoms with Crippen LogP contribution in [-0.4, -0.2) is 11.0 Å². The van der Waals surface area contributed by atoms with Crippen LogP contribution in [0.1, 0.15) is 45.2 Å². The molecule has 1 aromatic carbocycles. The minimum atomic E-state index is 0.304. The molecule has 3 nitrogen and oxygen atoms in total. The molecule has 21 heavy (non-hydrogen) atoms. The predicted octanol–water partition coefficient (Wildman–Crippen LogP) is 3.83. The van der Waals surface area contributed by atoms with Gasteiger partial charge in [0, 0.05) is 23.5 Å². The Morgan fingerprint density at radius 3 is 2.43 bits per heavy atom. The first-order valence-electron chi connectivity index (χ1n) is 8.09. The number of hydrogen-bond donors (Lipinski definition) is 2. The molecule has 0 amide bonds. The first-order valence-corrected chi connectivity index (χ1v) is 8.09. The van der Waals surface area contributed by atoms with Crippen LogP contribution in [0.5, 0.6) is 0 Å². The Hall–Kier alpha value is -1.45. The van der Waals surface area contributed by atoms with Gasteiger partial charge in [0.15, 0.2) is 0 Å². The smallest absolute Gasteiger partial charge is 0.0705 e. The molecule has 0 fully saturated rings. The summed E-state index contributed by atoms with van der Waals surface area (Å²) in [5.74, 6) is 6.44. The molecule has 114 valence electrons. The summed E-state index contributed by atoms with van der Waals surface area (Å²) < 4.78 is 0. The molecule has 0 saturated carbocycles. The summed E-state index contributed by atoms with van der Waals surface area (Å²) in [7, 11) is 0. The van der Waals surface area contributed by atoms with Crippen LogP contribution in [0.15, 0.2) is 36.4 Å². The lowest BCUT2D eigenvalue weighted by Crippen LogP contribution is -2.42. The number of pyridine rings is 1. The Labute approximate surface area is 127 Å². The highest BCUT2D eigenvalue weighted by Gasteiger charge is 2.20. The second-order valence-electron chi connectivity index (χ2n) is 5.81. The minimum absolute atomic E-state index is 0.304. The molecule has 0 aliphatic carbocycles. The van der Waals surface area contributed by atoms with Crippen LogP contribution in [0.3, 0.4) is 0 Å². The van der Waals surface area contributed by atoms with E-state index in [1.165, 1.54) is 31.1 Å². The van der Waals surface area contributed by atoms with E-state index in [2.05, 4.69) is 43.5 Å². The molecule has 2 rings (SSSR count). The van der Waals surface area contributed by atoms with E-state index in [9.17, 15) is 0 Å². The highest BCUT2D eigenvalue weighted by molar-refractivity contribution is 5.78. The van der Waals surface area contributed by atoms with Crippen LogP contribution in [-0.2, 0) is 6.42 Å². The van der Waals surface area contributed by atoms with Gasteiger partial charge in [-0.05, 0) is 30.9 Å². The third-order valence-electron chi connectivity index (χ3n) is 4.19. The number of hydrazine groups is 1. The Morgan fingerprint density at radius 1 is 1.05 bits per heavy atom. The predicted molar refractivity (Wildman–Crippen MR) is 89.9 cm³/mol. The Balaban J connectivity index is 2.14. The number of hydrogen-bond acceptors (Lipinski definition) is 3. The van der Waals surface area contributed by atoms with Gasteiger partial charge in [0.2, 0.25) is 0 Å². The zero-order valence-corrected chi connectivity index (χ0v) is 13.2. The van der Waals surface area contributed by atoms with Crippen molar-refractivity contribution in [2.45, 2.75) is 52.0 Å². The van der Waals surface area contributed by atoms with Gasteiger partial charge >= 0.3 is 0 Å². The van der Waals surface area contributed by atoms with Crippen LogP contribution in [0.2, 0.25) is 0 Å². The third kappa shape index (κ3) is 4.26. The van der Waals surface area contributed by atoms with Crippen molar-refractivity contribution in [2.24, 2.45) is 11.8 Å². The molecule has 1 unspecified atom stereocenters. The van der Waals surface area contributed by atoms with Gasteiger partial charge in [-0.3, -0.25) is 16.3 Å². The number of nitrogens with one attached hydrogen (secondary N) is 1. The summed E-state index contributed by atoms with van der Waals surface area (Å²) in [6.45, 7) is 4.48. The fourth-order valence-corrected chi connectivity index (χ4v) is 3.10. The number of aromatic nitrogens is 1. The molecule has 3 heteroatoms. The summed E-state index contributed by atoms with van der Waals surface area (Å²) >= 11 is 0. The summed E-state index contributed by atoms with van der Waals surface area (Å²) in [5, 5.41) is 1.19. The van der Waals surface area contributed by atoms with E-state index in [4.69, 9.17) is 10.8 Å². The van der Waals surface area contributed by atoms with Gasteiger partial charge in [-0.15, -0.1) is 0 Å². The van der Waals surface area contributed by atoms with E-state index in [0.29, 0.717) is 12.0 Å². The lowest BCUT2D eigenvalue weighted by molar-refractivity contribution is 0.310. The maximum Gasteiger partial charge on any atom is 0.0705 e. The molecule has 1 heterocycles. The standard InChI is InChI=1S/C18H27N3/c1-3-7-14(8-4-2)18(21-19)13-16-12-11-15-9-5-6-10-17(15)20-16/h5-6,9-12,14,18,21H,3-4,7-8,13,19H2,1-2H3. The van der Waals surface area contributed by atoms with Crippen LogP contribution in [0.25, 0.3) is 10.9 Å². The SMILES string of the molecule is CCCC(CCC)C(Cc1ccc2ccccc2n1)NN. The van der Waals surface area contributed by atoms with Crippen LogP contribution < -0.4 is 11.3 Å². The van der Waals surface area contributed by atoms with Crippen molar-refractivity contribution in [3.63, 3.8) is 0 Å². The van der Waals surface area contributed by atoms with E-state index in [1.54, 1.807) is 0 Å². The van der Waals surface area contributed by atoms with Crippen LogP contribution >= 0.6 is 0 Å². The number of para-hydroxylation sites is 1. The van der Waals surface area contributed by atoms with Crippen molar-refractivity contribution >= 4 is 10.9 Å². The zero-order chi connectivity index (χ0) is 15.1. The molecule has 0 aliphatic rings. The third-order valence-corrected chi connectivity index (χ3v) is 4.19. The highest BCUT2D eigenvalue weighted by atomic mass is 15.2. The van der Waals surface area contributed by atoms with Crippen molar-refractivity contribution in [3.05, 3.63) is 42.1 Å². The number of benzene rings is 1. The van der Waals surface area contributed by atoms with Gasteiger partial charge in [0.1, 0.15) is 0 Å². The van der Waals surface area contributed by atoms with Gasteiger partial charge < -0.3 is 0 Å². The lowest BCUT2D eigenvalue weighted by atomic mass is 9.88. The quantitative estimate of drug-likeness (QED) is 0.572. The molecule has 0 saturated heterocycles. The Bertz CT molecular complexity index is 547. The fraction of sp³-hybridized carbons (Fsp3) is 0.500. The average Bonchev–Trinajstić information content (AvgIpc) is 2.52. The van der Waals surface area contributed by atoms with Gasteiger partial charge in [-0.25, -0.2) is 0 Å². The van der Waals surface area contributed by atoms with Crippen molar-refractivity contribution in [1.82, 2.24) is 10.4 Å². The number of rotatable bonds is 8. The molecular formula is C18H27N3. The Kier molecular flexibility index (Phi) is 6.15. The van der Waals surface area contributed by atoms with E-state index in [-0.39, 0.29) is 0 Å². The van der Waals surface area contributed by atoms with Crippen molar-refractivity contribution in [2.75, 3.05) is 0 Å². The average molecular weight is 285 g/mol. The summed E-state index contributed by atoms with van der Waals surface area (Å²) in [6.07, 6.45) is 5.74. The molecule has 1 aromatic heterocycles. The van der Waals surface area contributed by atoms with E-state index < -0.39 is 0 Å². The molecule has 0 spiro atoms. The summed E-state index contributed by atoms with van der Waals surface area (Å²) in [4.78, 5) is 4.77. The largest absolute Gasteiger partial charge is 0.271 e. The Morgan fingerprint density at radius 2 is 1.76 bits per heavy atom. The highest BCUT2D eigenvalue weighted by Crippen LogP contribution is 2.21. The molecule has 0 bridgehead atoms. The van der Waals surface area contributed by atoms with E-state index in [0.717, 1.165) is 17.6 Å². The first kappa shape index (κ1) is 15.9. The zero-order valence-electron chi connectivity index (χ0n) is 13.2. The van der Waals surface area contributed by atoms with Crippen molar-refractivity contribution in [3.8, 4) is 0 Å². The summed E-state index contributed by atoms with van der Waals surface area (Å²) in [6, 6.07) is 12.8. The van der Waals surface area contributed by atoms with Crippen LogP contribution in [0.4, 0.5) is 0 Å². The van der Waals surface area contributed by atoms with Gasteiger partial charge in [0.25, 0.3) is 0 Å². The van der Waals surface area contributed by atoms with Crippen molar-refractivity contribution < 1.29 is 0 Å². The monoisotopic (exact) mass is 285 g/mol. The maximum atomic E-state index is 5.82. The molecule has 3 N–H and O–H groups in total. The molecule has 0 aliphatic heterocycles. The normalized spacial score (nSPS) is 13.0. The van der Waals surface area contributed by atoms with Gasteiger partial charge in [0.05, 0.1) is 5.52 Å². The van der Waals surface area contributed by atoms with Gasteiger partial charge in [-0.2, -0.15) is 0 Å². The van der Waals surface area contributed by atoms with Crippen LogP contribution in [0, 0.1) is 5.92 Å². The first-order chi connectivity index (χ1) is 10.3. The molecule has 0 radical (unpaired) electrons. The lowest BCUT2D eigenvalue weighted by Gasteiger charge is -2.26. The fourth-order valence-electron chi connectivity index (χ4n) is 3.10. The maximum absolute atomic E-state index is 5.82. The second-order valence-corrected chi connectivity index (χ2v) is 5.81.